The van der Waals surface area contributed by atoms with E-state index < -0.39 is 0 Å². The summed E-state index contributed by atoms with van der Waals surface area (Å²) in [6.07, 6.45) is 2.92. The molecule has 1 aliphatic rings. The summed E-state index contributed by atoms with van der Waals surface area (Å²) >= 11 is 0. The molecule has 1 aliphatic heterocycles. The first-order valence-corrected chi connectivity index (χ1v) is 6.72. The molecular formula is C12H17S+. The standard InChI is InChI=1S/C12H17S/c1-11(13-9-5-6-10-13)12-7-3-2-4-8-12/h2-4,7-8,11H,5-6,9-10H2,1H3/q+1. The molecule has 1 aromatic carbocycles. The number of hydrogen-bond donors (Lipinski definition) is 0. The summed E-state index contributed by atoms with van der Waals surface area (Å²) in [5.74, 6) is 2.94. The highest BCUT2D eigenvalue weighted by Crippen LogP contribution is 2.29. The molecule has 0 bridgehead atoms. The van der Waals surface area contributed by atoms with E-state index in [1.165, 1.54) is 29.9 Å². The van der Waals surface area contributed by atoms with Crippen LogP contribution in [0.3, 0.4) is 0 Å². The molecule has 1 heteroatoms. The average Bonchev–Trinajstić information content (AvgIpc) is 2.71. The quantitative estimate of drug-likeness (QED) is 0.633. The zero-order valence-electron chi connectivity index (χ0n) is 8.20. The van der Waals surface area contributed by atoms with E-state index in [0.717, 1.165) is 5.25 Å². The molecule has 0 spiro atoms. The zero-order chi connectivity index (χ0) is 9.10. The van der Waals surface area contributed by atoms with Crippen LogP contribution in [-0.2, 0) is 10.9 Å². The number of benzene rings is 1. The van der Waals surface area contributed by atoms with Crippen molar-refractivity contribution in [2.24, 2.45) is 0 Å². The van der Waals surface area contributed by atoms with Gasteiger partial charge in [-0.1, -0.05) is 30.3 Å². The van der Waals surface area contributed by atoms with Gasteiger partial charge in [-0.25, -0.2) is 0 Å². The van der Waals surface area contributed by atoms with Crippen LogP contribution in [-0.4, -0.2) is 11.5 Å². The van der Waals surface area contributed by atoms with E-state index in [4.69, 9.17) is 0 Å². The van der Waals surface area contributed by atoms with Crippen molar-refractivity contribution in [3.05, 3.63) is 35.9 Å². The van der Waals surface area contributed by atoms with Crippen LogP contribution in [0, 0.1) is 0 Å². The van der Waals surface area contributed by atoms with Crippen LogP contribution < -0.4 is 0 Å². The predicted octanol–water partition coefficient (Wildman–Crippen LogP) is 3.16. The number of rotatable bonds is 2. The lowest BCUT2D eigenvalue weighted by atomic mass is 10.2. The summed E-state index contributed by atoms with van der Waals surface area (Å²) in [6.45, 7) is 2.39. The third kappa shape index (κ3) is 2.08. The van der Waals surface area contributed by atoms with E-state index in [0.29, 0.717) is 10.9 Å². The molecule has 1 fully saturated rings. The second-order valence-electron chi connectivity index (χ2n) is 3.71. The van der Waals surface area contributed by atoms with Crippen LogP contribution in [0.4, 0.5) is 0 Å². The fraction of sp³-hybridized carbons (Fsp3) is 0.500. The Morgan fingerprint density at radius 1 is 1.08 bits per heavy atom. The van der Waals surface area contributed by atoms with Crippen molar-refractivity contribution in [1.29, 1.82) is 0 Å². The molecule has 1 unspecified atom stereocenters. The summed E-state index contributed by atoms with van der Waals surface area (Å²) in [5, 5.41) is 0.795. The first kappa shape index (κ1) is 9.14. The average molecular weight is 193 g/mol. The first-order chi connectivity index (χ1) is 6.38. The smallest absolute Gasteiger partial charge is 0.0622 e. The molecular weight excluding hydrogens is 176 g/mol. The normalized spacial score (nSPS) is 20.4. The summed E-state index contributed by atoms with van der Waals surface area (Å²) < 4.78 is 0. The van der Waals surface area contributed by atoms with Crippen LogP contribution in [0.25, 0.3) is 0 Å². The van der Waals surface area contributed by atoms with Crippen molar-refractivity contribution in [3.63, 3.8) is 0 Å². The van der Waals surface area contributed by atoms with Gasteiger partial charge in [0.2, 0.25) is 0 Å². The summed E-state index contributed by atoms with van der Waals surface area (Å²) in [6, 6.07) is 11.0. The van der Waals surface area contributed by atoms with Gasteiger partial charge in [0.1, 0.15) is 16.8 Å². The van der Waals surface area contributed by atoms with Crippen molar-refractivity contribution in [3.8, 4) is 0 Å². The molecule has 1 aromatic rings. The van der Waals surface area contributed by atoms with Gasteiger partial charge in [-0.2, -0.15) is 0 Å². The molecule has 1 heterocycles. The Morgan fingerprint density at radius 2 is 1.69 bits per heavy atom. The lowest BCUT2D eigenvalue weighted by Gasteiger charge is -2.10. The fourth-order valence-corrected chi connectivity index (χ4v) is 4.55. The Kier molecular flexibility index (Phi) is 2.94. The Bertz CT molecular complexity index is 249. The lowest BCUT2D eigenvalue weighted by Crippen LogP contribution is -2.12. The molecule has 1 saturated heterocycles. The molecule has 70 valence electrons. The Hall–Kier alpha value is -0.430. The van der Waals surface area contributed by atoms with Gasteiger partial charge in [-0.3, -0.25) is 0 Å². The zero-order valence-corrected chi connectivity index (χ0v) is 9.02. The Balaban J connectivity index is 2.08. The molecule has 13 heavy (non-hydrogen) atoms. The van der Waals surface area contributed by atoms with E-state index in [1.54, 1.807) is 0 Å². The summed E-state index contributed by atoms with van der Waals surface area (Å²) in [4.78, 5) is 0. The highest BCUT2D eigenvalue weighted by atomic mass is 32.2. The maximum absolute atomic E-state index is 2.39. The van der Waals surface area contributed by atoms with Gasteiger partial charge >= 0.3 is 0 Å². The Morgan fingerprint density at radius 3 is 2.31 bits per heavy atom. The minimum atomic E-state index is 0.677. The monoisotopic (exact) mass is 193 g/mol. The van der Waals surface area contributed by atoms with E-state index >= 15 is 0 Å². The molecule has 0 saturated carbocycles. The van der Waals surface area contributed by atoms with Gasteiger partial charge in [0.15, 0.2) is 0 Å². The van der Waals surface area contributed by atoms with Crippen molar-refractivity contribution in [2.45, 2.75) is 25.0 Å². The Labute approximate surface area is 83.7 Å². The van der Waals surface area contributed by atoms with E-state index in [-0.39, 0.29) is 0 Å². The molecule has 1 atom stereocenters. The molecule has 0 aromatic heterocycles. The van der Waals surface area contributed by atoms with Gasteiger partial charge in [-0.15, -0.1) is 0 Å². The molecule has 0 amide bonds. The maximum atomic E-state index is 2.39. The van der Waals surface area contributed by atoms with Crippen LogP contribution in [0.2, 0.25) is 0 Å². The second-order valence-corrected chi connectivity index (χ2v) is 6.30. The third-order valence-electron chi connectivity index (χ3n) is 2.83. The minimum absolute atomic E-state index is 0.677. The van der Waals surface area contributed by atoms with Crippen molar-refractivity contribution >= 4 is 10.9 Å². The molecule has 0 N–H and O–H groups in total. The largest absolute Gasteiger partial charge is 0.140 e. The van der Waals surface area contributed by atoms with Gasteiger partial charge < -0.3 is 0 Å². The van der Waals surface area contributed by atoms with Gasteiger partial charge in [-0.05, 0) is 30.7 Å². The van der Waals surface area contributed by atoms with E-state index in [2.05, 4.69) is 37.3 Å². The topological polar surface area (TPSA) is 0 Å². The van der Waals surface area contributed by atoms with E-state index in [1.807, 2.05) is 0 Å². The van der Waals surface area contributed by atoms with Crippen molar-refractivity contribution in [1.82, 2.24) is 0 Å². The molecule has 2 rings (SSSR count). The minimum Gasteiger partial charge on any atom is -0.0622 e. The lowest BCUT2D eigenvalue weighted by molar-refractivity contribution is 0.949. The van der Waals surface area contributed by atoms with Crippen LogP contribution in [0.15, 0.2) is 30.3 Å². The first-order valence-electron chi connectivity index (χ1n) is 5.09. The van der Waals surface area contributed by atoms with Crippen molar-refractivity contribution < 1.29 is 0 Å². The van der Waals surface area contributed by atoms with Crippen LogP contribution in [0.1, 0.15) is 30.6 Å². The van der Waals surface area contributed by atoms with Crippen LogP contribution >= 0.6 is 0 Å². The predicted molar refractivity (Wildman–Crippen MR) is 61.2 cm³/mol. The summed E-state index contributed by atoms with van der Waals surface area (Å²) in [7, 11) is 0.677. The van der Waals surface area contributed by atoms with Crippen LogP contribution in [0.5, 0.6) is 0 Å². The van der Waals surface area contributed by atoms with E-state index in [9.17, 15) is 0 Å². The van der Waals surface area contributed by atoms with Gasteiger partial charge in [0.25, 0.3) is 0 Å². The van der Waals surface area contributed by atoms with Crippen molar-refractivity contribution in [2.75, 3.05) is 11.5 Å². The highest BCUT2D eigenvalue weighted by molar-refractivity contribution is 7.97. The second kappa shape index (κ2) is 4.19. The summed E-state index contributed by atoms with van der Waals surface area (Å²) in [5.41, 5.74) is 1.53. The highest BCUT2D eigenvalue weighted by Gasteiger charge is 2.31. The maximum Gasteiger partial charge on any atom is 0.140 e. The third-order valence-corrected chi connectivity index (χ3v) is 5.73. The molecule has 0 nitrogen and oxygen atoms in total. The van der Waals surface area contributed by atoms with Gasteiger partial charge in [0.05, 0.1) is 0 Å². The molecule has 0 radical (unpaired) electrons. The SMILES string of the molecule is CC(c1ccccc1)[S+]1CCCC1. The molecule has 0 aliphatic carbocycles. The van der Waals surface area contributed by atoms with Gasteiger partial charge in [0, 0.05) is 5.56 Å². The fourth-order valence-electron chi connectivity index (χ4n) is 1.95. The number of hydrogen-bond acceptors (Lipinski definition) is 0.